The lowest BCUT2D eigenvalue weighted by Gasteiger charge is -2.41. The molecular formula is C17H26INO. The third kappa shape index (κ3) is 4.43. The van der Waals surface area contributed by atoms with Crippen LogP contribution in [0.5, 0.6) is 0 Å². The number of nitrogens with one attached hydrogen (secondary N) is 1. The summed E-state index contributed by atoms with van der Waals surface area (Å²) in [5.41, 5.74) is 1.38. The topological polar surface area (TPSA) is 21.3 Å². The molecule has 1 aromatic carbocycles. The molecule has 2 atom stereocenters. The van der Waals surface area contributed by atoms with Gasteiger partial charge < -0.3 is 10.1 Å². The molecule has 1 N–H and O–H groups in total. The second-order valence-electron chi connectivity index (χ2n) is 5.96. The van der Waals surface area contributed by atoms with Gasteiger partial charge in [-0.05, 0) is 85.9 Å². The van der Waals surface area contributed by atoms with Crippen LogP contribution in [0.1, 0.15) is 45.1 Å². The maximum atomic E-state index is 6.16. The van der Waals surface area contributed by atoms with E-state index < -0.39 is 0 Å². The normalized spacial score (nSPS) is 24.6. The molecule has 3 heteroatoms. The van der Waals surface area contributed by atoms with Crippen molar-refractivity contribution in [2.75, 3.05) is 13.2 Å². The Bertz CT molecular complexity index is 398. The second kappa shape index (κ2) is 7.76. The molecule has 2 unspecified atom stereocenters. The summed E-state index contributed by atoms with van der Waals surface area (Å²) in [7, 11) is 0. The monoisotopic (exact) mass is 387 g/mol. The first-order chi connectivity index (χ1) is 9.64. The van der Waals surface area contributed by atoms with Crippen LogP contribution in [-0.4, -0.2) is 24.8 Å². The highest BCUT2D eigenvalue weighted by Crippen LogP contribution is 2.29. The Morgan fingerprint density at radius 2 is 2.05 bits per heavy atom. The summed E-state index contributed by atoms with van der Waals surface area (Å²) in [5.74, 6) is 0. The second-order valence-corrected chi connectivity index (χ2v) is 7.20. The van der Waals surface area contributed by atoms with E-state index in [4.69, 9.17) is 4.74 Å². The van der Waals surface area contributed by atoms with Gasteiger partial charge in [0.05, 0.1) is 5.60 Å². The van der Waals surface area contributed by atoms with E-state index in [0.29, 0.717) is 6.04 Å². The van der Waals surface area contributed by atoms with E-state index in [0.717, 1.165) is 19.6 Å². The van der Waals surface area contributed by atoms with Crippen molar-refractivity contribution < 1.29 is 4.74 Å². The number of hydrogen-bond acceptors (Lipinski definition) is 2. The van der Waals surface area contributed by atoms with Crippen LogP contribution in [0.2, 0.25) is 0 Å². The quantitative estimate of drug-likeness (QED) is 0.741. The minimum Gasteiger partial charge on any atom is -0.374 e. The van der Waals surface area contributed by atoms with Gasteiger partial charge in [0, 0.05) is 16.2 Å². The zero-order chi connectivity index (χ0) is 14.4. The molecule has 0 amide bonds. The average Bonchev–Trinajstić information content (AvgIpc) is 2.46. The van der Waals surface area contributed by atoms with E-state index >= 15 is 0 Å². The van der Waals surface area contributed by atoms with Crippen molar-refractivity contribution >= 4 is 22.6 Å². The van der Waals surface area contributed by atoms with Crippen molar-refractivity contribution in [3.8, 4) is 0 Å². The lowest BCUT2D eigenvalue weighted by atomic mass is 9.84. The number of ether oxygens (including phenoxy) is 1. The molecule has 0 radical (unpaired) electrons. The molecule has 20 heavy (non-hydrogen) atoms. The van der Waals surface area contributed by atoms with Gasteiger partial charge in [0.25, 0.3) is 0 Å². The van der Waals surface area contributed by atoms with Crippen LogP contribution in [0, 0.1) is 3.57 Å². The lowest BCUT2D eigenvalue weighted by Crippen LogP contribution is -2.53. The summed E-state index contributed by atoms with van der Waals surface area (Å²) in [6.07, 6.45) is 5.87. The molecule has 0 aromatic heterocycles. The molecule has 1 saturated heterocycles. The molecule has 1 fully saturated rings. The van der Waals surface area contributed by atoms with E-state index in [1.165, 1.54) is 34.8 Å². The summed E-state index contributed by atoms with van der Waals surface area (Å²) in [4.78, 5) is 0. The van der Waals surface area contributed by atoms with Crippen molar-refractivity contribution in [1.82, 2.24) is 5.32 Å². The largest absolute Gasteiger partial charge is 0.374 e. The smallest absolute Gasteiger partial charge is 0.0810 e. The molecule has 1 aliphatic heterocycles. The van der Waals surface area contributed by atoms with E-state index in [1.807, 2.05) is 0 Å². The van der Waals surface area contributed by atoms with Gasteiger partial charge >= 0.3 is 0 Å². The summed E-state index contributed by atoms with van der Waals surface area (Å²) >= 11 is 2.36. The Morgan fingerprint density at radius 3 is 2.65 bits per heavy atom. The van der Waals surface area contributed by atoms with Gasteiger partial charge in [0.1, 0.15) is 0 Å². The molecule has 0 saturated carbocycles. The van der Waals surface area contributed by atoms with Crippen molar-refractivity contribution in [2.24, 2.45) is 0 Å². The van der Waals surface area contributed by atoms with Crippen LogP contribution in [-0.2, 0) is 11.2 Å². The number of hydrogen-bond donors (Lipinski definition) is 1. The Kier molecular flexibility index (Phi) is 6.30. The molecule has 0 bridgehead atoms. The van der Waals surface area contributed by atoms with Crippen LogP contribution in [0.4, 0.5) is 0 Å². The van der Waals surface area contributed by atoms with E-state index in [9.17, 15) is 0 Å². The van der Waals surface area contributed by atoms with Crippen LogP contribution in [0.3, 0.4) is 0 Å². The molecular weight excluding hydrogens is 361 g/mol. The van der Waals surface area contributed by atoms with Crippen LogP contribution in [0.25, 0.3) is 0 Å². The Labute approximate surface area is 136 Å². The van der Waals surface area contributed by atoms with Crippen molar-refractivity contribution in [1.29, 1.82) is 0 Å². The zero-order valence-corrected chi connectivity index (χ0v) is 14.8. The van der Waals surface area contributed by atoms with Crippen molar-refractivity contribution in [2.45, 2.75) is 57.6 Å². The van der Waals surface area contributed by atoms with Crippen LogP contribution in [0.15, 0.2) is 24.3 Å². The third-order valence-corrected chi connectivity index (χ3v) is 4.95. The van der Waals surface area contributed by atoms with E-state index in [-0.39, 0.29) is 5.60 Å². The van der Waals surface area contributed by atoms with Gasteiger partial charge in [-0.25, -0.2) is 0 Å². The third-order valence-electron chi connectivity index (χ3n) is 4.23. The molecule has 1 aliphatic rings. The standard InChI is InChI=1S/C17H26INO/c1-3-11-19-16(17(2)10-4-5-12-20-17)13-14-6-8-15(18)9-7-14/h6-9,16,19H,3-5,10-13H2,1-2H3. The highest BCUT2D eigenvalue weighted by Gasteiger charge is 2.36. The fourth-order valence-corrected chi connectivity index (χ4v) is 3.27. The molecule has 0 spiro atoms. The van der Waals surface area contributed by atoms with Crippen LogP contribution >= 0.6 is 22.6 Å². The number of rotatable bonds is 6. The van der Waals surface area contributed by atoms with Gasteiger partial charge in [-0.2, -0.15) is 0 Å². The van der Waals surface area contributed by atoms with Gasteiger partial charge in [-0.3, -0.25) is 0 Å². The Balaban J connectivity index is 2.07. The molecule has 2 nitrogen and oxygen atoms in total. The predicted octanol–water partition coefficient (Wildman–Crippen LogP) is 4.16. The fourth-order valence-electron chi connectivity index (χ4n) is 2.91. The van der Waals surface area contributed by atoms with Crippen molar-refractivity contribution in [3.63, 3.8) is 0 Å². The number of benzene rings is 1. The van der Waals surface area contributed by atoms with Crippen molar-refractivity contribution in [3.05, 3.63) is 33.4 Å². The fraction of sp³-hybridized carbons (Fsp3) is 0.647. The molecule has 1 aromatic rings. The first kappa shape index (κ1) is 16.2. The van der Waals surface area contributed by atoms with Gasteiger partial charge in [0.15, 0.2) is 0 Å². The van der Waals surface area contributed by atoms with Gasteiger partial charge in [-0.1, -0.05) is 19.1 Å². The minimum atomic E-state index is -0.0174. The zero-order valence-electron chi connectivity index (χ0n) is 12.6. The molecule has 1 heterocycles. The average molecular weight is 387 g/mol. The summed E-state index contributed by atoms with van der Waals surface area (Å²) in [5, 5.41) is 3.72. The molecule has 0 aliphatic carbocycles. The van der Waals surface area contributed by atoms with Gasteiger partial charge in [-0.15, -0.1) is 0 Å². The Hall–Kier alpha value is -0.130. The highest BCUT2D eigenvalue weighted by molar-refractivity contribution is 14.1. The number of halogens is 1. The Morgan fingerprint density at radius 1 is 1.30 bits per heavy atom. The maximum Gasteiger partial charge on any atom is 0.0810 e. The van der Waals surface area contributed by atoms with E-state index in [1.54, 1.807) is 0 Å². The predicted molar refractivity (Wildman–Crippen MR) is 93.2 cm³/mol. The highest BCUT2D eigenvalue weighted by atomic mass is 127. The lowest BCUT2D eigenvalue weighted by molar-refractivity contribution is -0.0883. The molecule has 112 valence electrons. The minimum absolute atomic E-state index is 0.0174. The first-order valence-electron chi connectivity index (χ1n) is 7.76. The SMILES string of the molecule is CCCNC(Cc1ccc(I)cc1)C1(C)CCCCO1. The summed E-state index contributed by atoms with van der Waals surface area (Å²) < 4.78 is 7.45. The first-order valence-corrected chi connectivity index (χ1v) is 8.84. The summed E-state index contributed by atoms with van der Waals surface area (Å²) in [6.45, 7) is 6.48. The maximum absolute atomic E-state index is 6.16. The van der Waals surface area contributed by atoms with Crippen LogP contribution < -0.4 is 5.32 Å². The van der Waals surface area contributed by atoms with E-state index in [2.05, 4.69) is 66.0 Å². The molecule has 2 rings (SSSR count). The summed E-state index contributed by atoms with van der Waals surface area (Å²) in [6, 6.07) is 9.28. The van der Waals surface area contributed by atoms with Gasteiger partial charge in [0.2, 0.25) is 0 Å².